The molecule has 1 saturated heterocycles. The maximum atomic E-state index is 13.5. The second kappa shape index (κ2) is 9.75. The Hall–Kier alpha value is -2.19. The van der Waals surface area contributed by atoms with Gasteiger partial charge in [-0.2, -0.15) is 0 Å². The third kappa shape index (κ3) is 4.30. The van der Waals surface area contributed by atoms with Crippen LogP contribution in [0.25, 0.3) is 11.7 Å². The third-order valence-electron chi connectivity index (χ3n) is 4.95. The molecular weight excluding hydrogens is 416 g/mol. The average Bonchev–Trinajstić information content (AvgIpc) is 2.98. The minimum absolute atomic E-state index is 0.135. The number of carbonyl (C=O) groups excluding carboxylic acids is 1. The Morgan fingerprint density at radius 1 is 1.17 bits per heavy atom. The molecule has 1 amide bonds. The lowest BCUT2D eigenvalue weighted by molar-refractivity contribution is -0.122. The van der Waals surface area contributed by atoms with Crippen LogP contribution in [0.4, 0.5) is 5.82 Å². The molecule has 160 valence electrons. The summed E-state index contributed by atoms with van der Waals surface area (Å²) in [5, 5.41) is 0. The summed E-state index contributed by atoms with van der Waals surface area (Å²) in [7, 11) is 0. The molecule has 1 aliphatic heterocycles. The molecule has 0 unspecified atom stereocenters. The van der Waals surface area contributed by atoms with E-state index in [2.05, 4.69) is 18.7 Å². The summed E-state index contributed by atoms with van der Waals surface area (Å²) < 4.78 is 2.10. The van der Waals surface area contributed by atoms with Gasteiger partial charge in [-0.15, -0.1) is 0 Å². The number of thioether (sulfide) groups is 1. The monoisotopic (exact) mass is 444 g/mol. The van der Waals surface area contributed by atoms with Crippen molar-refractivity contribution in [2.45, 2.75) is 47.0 Å². The Morgan fingerprint density at radius 2 is 1.87 bits per heavy atom. The number of anilines is 1. The second-order valence-electron chi connectivity index (χ2n) is 7.36. The van der Waals surface area contributed by atoms with E-state index in [4.69, 9.17) is 17.2 Å². The number of carbonyl (C=O) groups is 1. The van der Waals surface area contributed by atoms with Crippen LogP contribution in [0.3, 0.4) is 0 Å². The van der Waals surface area contributed by atoms with Crippen LogP contribution in [-0.2, 0) is 4.79 Å². The normalized spacial score (nSPS) is 15.6. The van der Waals surface area contributed by atoms with Crippen LogP contribution in [0, 0.1) is 6.92 Å². The fourth-order valence-corrected chi connectivity index (χ4v) is 4.87. The van der Waals surface area contributed by atoms with Crippen LogP contribution in [0.2, 0.25) is 0 Å². The predicted molar refractivity (Wildman–Crippen MR) is 129 cm³/mol. The minimum atomic E-state index is -0.170. The van der Waals surface area contributed by atoms with Gasteiger partial charge in [0.15, 0.2) is 0 Å². The molecule has 2 aromatic rings. The molecule has 3 rings (SSSR count). The number of aryl methyl sites for hydroxylation is 1. The van der Waals surface area contributed by atoms with Gasteiger partial charge in [-0.25, -0.2) is 4.98 Å². The van der Waals surface area contributed by atoms with Crippen molar-refractivity contribution < 1.29 is 4.79 Å². The van der Waals surface area contributed by atoms with Crippen molar-refractivity contribution in [3.8, 4) is 0 Å². The lowest BCUT2D eigenvalue weighted by Crippen LogP contribution is -2.31. The van der Waals surface area contributed by atoms with Gasteiger partial charge in [0.25, 0.3) is 11.5 Å². The minimum Gasteiger partial charge on any atom is -0.356 e. The SMILES string of the molecule is CCCN1C(=O)/C(=C/c2c(N(CCC)CCC)nc3c(C)cccn3c2=O)SC1=S. The second-order valence-corrected chi connectivity index (χ2v) is 9.04. The molecule has 30 heavy (non-hydrogen) atoms. The van der Waals surface area contributed by atoms with Crippen molar-refractivity contribution in [2.24, 2.45) is 0 Å². The van der Waals surface area contributed by atoms with Gasteiger partial charge in [-0.1, -0.05) is 50.8 Å². The quantitative estimate of drug-likeness (QED) is 0.448. The summed E-state index contributed by atoms with van der Waals surface area (Å²) in [5.41, 5.74) is 1.85. The molecule has 0 saturated carbocycles. The Bertz CT molecular complexity index is 1060. The number of pyridine rings is 1. The fourth-order valence-electron chi connectivity index (χ4n) is 3.58. The summed E-state index contributed by atoms with van der Waals surface area (Å²) in [4.78, 5) is 35.5. The van der Waals surface area contributed by atoms with E-state index in [0.29, 0.717) is 32.8 Å². The molecule has 0 aliphatic carbocycles. The summed E-state index contributed by atoms with van der Waals surface area (Å²) in [6.07, 6.45) is 6.11. The molecule has 8 heteroatoms. The van der Waals surface area contributed by atoms with Gasteiger partial charge in [0.2, 0.25) is 0 Å². The van der Waals surface area contributed by atoms with Crippen molar-refractivity contribution in [1.82, 2.24) is 14.3 Å². The molecule has 0 spiro atoms. The molecule has 0 aromatic carbocycles. The first-order valence-electron chi connectivity index (χ1n) is 10.4. The van der Waals surface area contributed by atoms with E-state index in [0.717, 1.165) is 37.9 Å². The Kier molecular flexibility index (Phi) is 7.31. The van der Waals surface area contributed by atoms with Crippen molar-refractivity contribution in [3.05, 3.63) is 44.7 Å². The third-order valence-corrected chi connectivity index (χ3v) is 6.32. The molecule has 3 heterocycles. The van der Waals surface area contributed by atoms with Crippen LogP contribution in [-0.4, -0.2) is 44.1 Å². The number of nitrogens with zero attached hydrogens (tertiary/aromatic N) is 4. The molecule has 0 atom stereocenters. The number of thiocarbonyl (C=S) groups is 1. The lowest BCUT2D eigenvalue weighted by Gasteiger charge is -2.25. The maximum Gasteiger partial charge on any atom is 0.267 e. The van der Waals surface area contributed by atoms with Crippen molar-refractivity contribution in [2.75, 3.05) is 24.5 Å². The summed E-state index contributed by atoms with van der Waals surface area (Å²) in [6.45, 7) is 10.3. The first-order chi connectivity index (χ1) is 14.4. The highest BCUT2D eigenvalue weighted by atomic mass is 32.2. The van der Waals surface area contributed by atoms with E-state index >= 15 is 0 Å². The van der Waals surface area contributed by atoms with Crippen LogP contribution in [0.5, 0.6) is 0 Å². The van der Waals surface area contributed by atoms with Crippen LogP contribution in [0.1, 0.15) is 51.2 Å². The standard InChI is InChI=1S/C22H28N4O2S2/c1-5-10-24(11-6-2)19-16(14-17-21(28)26(12-7-3)22(29)30-17)20(27)25-13-8-9-15(4)18(25)23-19/h8-9,13-14H,5-7,10-12H2,1-4H3/b17-14-. The fraction of sp³-hybridized carbons (Fsp3) is 0.455. The number of fused-ring (bicyclic) bond motifs is 1. The number of rotatable bonds is 8. The first-order valence-corrected chi connectivity index (χ1v) is 11.7. The van der Waals surface area contributed by atoms with Gasteiger partial charge < -0.3 is 4.90 Å². The van der Waals surface area contributed by atoms with Gasteiger partial charge in [-0.05, 0) is 43.9 Å². The number of hydrogen-bond acceptors (Lipinski definition) is 6. The Labute approximate surface area is 187 Å². The summed E-state index contributed by atoms with van der Waals surface area (Å²) in [6, 6.07) is 3.79. The summed E-state index contributed by atoms with van der Waals surface area (Å²) in [5.74, 6) is 0.503. The zero-order chi connectivity index (χ0) is 21.8. The molecule has 1 fully saturated rings. The molecule has 0 radical (unpaired) electrons. The van der Waals surface area contributed by atoms with Gasteiger partial charge >= 0.3 is 0 Å². The lowest BCUT2D eigenvalue weighted by atomic mass is 10.2. The van der Waals surface area contributed by atoms with Crippen LogP contribution in [0.15, 0.2) is 28.0 Å². The highest BCUT2D eigenvalue weighted by molar-refractivity contribution is 8.26. The smallest absolute Gasteiger partial charge is 0.267 e. The van der Waals surface area contributed by atoms with E-state index in [1.165, 1.54) is 11.8 Å². The molecular formula is C22H28N4O2S2. The van der Waals surface area contributed by atoms with Gasteiger partial charge in [-0.3, -0.25) is 18.9 Å². The topological polar surface area (TPSA) is 57.9 Å². The highest BCUT2D eigenvalue weighted by Crippen LogP contribution is 2.33. The van der Waals surface area contributed by atoms with Crippen molar-refractivity contribution >= 4 is 51.7 Å². The van der Waals surface area contributed by atoms with E-state index in [1.54, 1.807) is 21.6 Å². The first kappa shape index (κ1) is 22.5. The number of amides is 1. The van der Waals surface area contributed by atoms with Crippen molar-refractivity contribution in [3.63, 3.8) is 0 Å². The zero-order valence-corrected chi connectivity index (χ0v) is 19.6. The van der Waals surface area contributed by atoms with Gasteiger partial charge in [0.1, 0.15) is 15.8 Å². The number of hydrogen-bond donors (Lipinski definition) is 0. The zero-order valence-electron chi connectivity index (χ0n) is 18.0. The van der Waals surface area contributed by atoms with E-state index in [1.807, 2.05) is 26.0 Å². The van der Waals surface area contributed by atoms with Gasteiger partial charge in [0, 0.05) is 25.8 Å². The molecule has 0 N–H and O–H groups in total. The van der Waals surface area contributed by atoms with Gasteiger partial charge in [0.05, 0.1) is 10.5 Å². The molecule has 0 bridgehead atoms. The highest BCUT2D eigenvalue weighted by Gasteiger charge is 2.32. The largest absolute Gasteiger partial charge is 0.356 e. The van der Waals surface area contributed by atoms with Crippen LogP contribution < -0.4 is 10.5 Å². The summed E-state index contributed by atoms with van der Waals surface area (Å²) >= 11 is 6.64. The molecule has 6 nitrogen and oxygen atoms in total. The van der Waals surface area contributed by atoms with Crippen molar-refractivity contribution in [1.29, 1.82) is 0 Å². The number of aromatic nitrogens is 2. The molecule has 2 aromatic heterocycles. The predicted octanol–water partition coefficient (Wildman–Crippen LogP) is 4.24. The van der Waals surface area contributed by atoms with Crippen LogP contribution >= 0.6 is 24.0 Å². The van der Waals surface area contributed by atoms with E-state index < -0.39 is 0 Å². The average molecular weight is 445 g/mol. The maximum absolute atomic E-state index is 13.5. The Balaban J connectivity index is 2.23. The van der Waals surface area contributed by atoms with E-state index in [-0.39, 0.29) is 11.5 Å². The Morgan fingerprint density at radius 3 is 2.50 bits per heavy atom. The molecule has 1 aliphatic rings. The van der Waals surface area contributed by atoms with E-state index in [9.17, 15) is 9.59 Å².